The molecule has 18 heavy (non-hydrogen) atoms. The molecule has 3 nitrogen and oxygen atoms in total. The Hall–Kier alpha value is -2.54. The second-order valence-corrected chi connectivity index (χ2v) is 3.83. The summed E-state index contributed by atoms with van der Waals surface area (Å²) in [6.45, 7) is 0.448. The van der Waals surface area contributed by atoms with E-state index >= 15 is 0 Å². The Morgan fingerprint density at radius 3 is 2.50 bits per heavy atom. The Kier molecular flexibility index (Phi) is 3.44. The van der Waals surface area contributed by atoms with Gasteiger partial charge in [0.15, 0.2) is 0 Å². The van der Waals surface area contributed by atoms with Crippen LogP contribution < -0.4 is 5.32 Å². The molecule has 0 fully saturated rings. The first kappa shape index (κ1) is 11.9. The number of nitriles is 1. The standard InChI is InChI=1S/C14H11FN2O/c15-13-7-11(8-16)3-6-14(13)17-9-10-1-4-12(18)5-2-10/h1-7,17-18H,9H2. The first-order chi connectivity index (χ1) is 8.69. The van der Waals surface area contributed by atoms with Gasteiger partial charge in [0, 0.05) is 6.54 Å². The molecule has 0 aliphatic heterocycles. The minimum Gasteiger partial charge on any atom is -0.508 e. The normalized spacial score (nSPS) is 9.78. The number of hydrogen-bond acceptors (Lipinski definition) is 3. The molecule has 2 rings (SSSR count). The van der Waals surface area contributed by atoms with Crippen LogP contribution in [0.2, 0.25) is 0 Å². The molecule has 0 heterocycles. The zero-order valence-electron chi connectivity index (χ0n) is 9.52. The second kappa shape index (κ2) is 5.19. The zero-order valence-corrected chi connectivity index (χ0v) is 9.52. The molecule has 0 unspecified atom stereocenters. The Balaban J connectivity index is 2.06. The van der Waals surface area contributed by atoms with E-state index in [4.69, 9.17) is 10.4 Å². The van der Waals surface area contributed by atoms with Crippen LogP contribution in [0.1, 0.15) is 11.1 Å². The van der Waals surface area contributed by atoms with Crippen molar-refractivity contribution in [3.8, 4) is 11.8 Å². The largest absolute Gasteiger partial charge is 0.508 e. The van der Waals surface area contributed by atoms with E-state index in [1.54, 1.807) is 30.3 Å². The van der Waals surface area contributed by atoms with Gasteiger partial charge in [0.1, 0.15) is 11.6 Å². The van der Waals surface area contributed by atoms with Gasteiger partial charge in [-0.15, -0.1) is 0 Å². The summed E-state index contributed by atoms with van der Waals surface area (Å²) in [6, 6.07) is 12.8. The quantitative estimate of drug-likeness (QED) is 0.869. The molecule has 90 valence electrons. The number of phenols is 1. The van der Waals surface area contributed by atoms with Crippen LogP contribution in [0.5, 0.6) is 5.75 Å². The molecule has 0 saturated heterocycles. The zero-order chi connectivity index (χ0) is 13.0. The van der Waals surface area contributed by atoms with Crippen molar-refractivity contribution in [2.45, 2.75) is 6.54 Å². The van der Waals surface area contributed by atoms with Gasteiger partial charge >= 0.3 is 0 Å². The first-order valence-corrected chi connectivity index (χ1v) is 5.40. The molecule has 0 amide bonds. The summed E-state index contributed by atoms with van der Waals surface area (Å²) in [7, 11) is 0. The predicted molar refractivity (Wildman–Crippen MR) is 66.5 cm³/mol. The molecule has 2 N–H and O–H groups in total. The van der Waals surface area contributed by atoms with Gasteiger partial charge in [-0.1, -0.05) is 12.1 Å². The predicted octanol–water partition coefficient (Wildman–Crippen LogP) is 3.02. The Morgan fingerprint density at radius 2 is 1.89 bits per heavy atom. The van der Waals surface area contributed by atoms with Crippen molar-refractivity contribution in [3.63, 3.8) is 0 Å². The summed E-state index contributed by atoms with van der Waals surface area (Å²) in [5.41, 5.74) is 1.57. The molecular weight excluding hydrogens is 231 g/mol. The lowest BCUT2D eigenvalue weighted by Gasteiger charge is -2.07. The lowest BCUT2D eigenvalue weighted by Crippen LogP contribution is -2.01. The van der Waals surface area contributed by atoms with Gasteiger partial charge in [0.05, 0.1) is 17.3 Å². The number of nitrogens with zero attached hydrogens (tertiary/aromatic N) is 1. The number of benzene rings is 2. The average Bonchev–Trinajstić information content (AvgIpc) is 2.39. The van der Waals surface area contributed by atoms with Crippen molar-refractivity contribution in [1.82, 2.24) is 0 Å². The molecule has 0 aromatic heterocycles. The van der Waals surface area contributed by atoms with Crippen molar-refractivity contribution in [3.05, 3.63) is 59.4 Å². The maximum absolute atomic E-state index is 13.6. The topological polar surface area (TPSA) is 56.0 Å². The number of aromatic hydroxyl groups is 1. The number of halogens is 1. The maximum Gasteiger partial charge on any atom is 0.147 e. The van der Waals surface area contributed by atoms with E-state index in [0.717, 1.165) is 5.56 Å². The fourth-order valence-corrected chi connectivity index (χ4v) is 1.54. The van der Waals surface area contributed by atoms with E-state index in [9.17, 15) is 4.39 Å². The number of rotatable bonds is 3. The maximum atomic E-state index is 13.6. The highest BCUT2D eigenvalue weighted by Crippen LogP contribution is 2.17. The summed E-state index contributed by atoms with van der Waals surface area (Å²) in [6.07, 6.45) is 0. The first-order valence-electron chi connectivity index (χ1n) is 5.40. The fourth-order valence-electron chi connectivity index (χ4n) is 1.54. The van der Waals surface area contributed by atoms with Crippen molar-refractivity contribution in [2.75, 3.05) is 5.32 Å². The highest BCUT2D eigenvalue weighted by atomic mass is 19.1. The van der Waals surface area contributed by atoms with Crippen molar-refractivity contribution in [2.24, 2.45) is 0 Å². The smallest absolute Gasteiger partial charge is 0.147 e. The van der Waals surface area contributed by atoms with Gasteiger partial charge in [-0.2, -0.15) is 5.26 Å². The van der Waals surface area contributed by atoms with Gasteiger partial charge < -0.3 is 10.4 Å². The number of hydrogen-bond donors (Lipinski definition) is 2. The number of anilines is 1. The third-order valence-electron chi connectivity index (χ3n) is 2.52. The number of nitrogens with one attached hydrogen (secondary N) is 1. The van der Waals surface area contributed by atoms with Gasteiger partial charge in [-0.25, -0.2) is 4.39 Å². The van der Waals surface area contributed by atoms with Crippen LogP contribution in [0.4, 0.5) is 10.1 Å². The summed E-state index contributed by atoms with van der Waals surface area (Å²) in [4.78, 5) is 0. The van der Waals surface area contributed by atoms with E-state index in [-0.39, 0.29) is 5.75 Å². The van der Waals surface area contributed by atoms with Crippen molar-refractivity contribution in [1.29, 1.82) is 5.26 Å². The third kappa shape index (κ3) is 2.77. The van der Waals surface area contributed by atoms with Gasteiger partial charge in [-0.3, -0.25) is 0 Å². The average molecular weight is 242 g/mol. The van der Waals surface area contributed by atoms with E-state index in [1.807, 2.05) is 6.07 Å². The monoisotopic (exact) mass is 242 g/mol. The van der Waals surface area contributed by atoms with Crippen LogP contribution in [-0.2, 0) is 6.54 Å². The van der Waals surface area contributed by atoms with Crippen LogP contribution >= 0.6 is 0 Å². The van der Waals surface area contributed by atoms with Crippen LogP contribution in [0.15, 0.2) is 42.5 Å². The molecular formula is C14H11FN2O. The van der Waals surface area contributed by atoms with E-state index in [2.05, 4.69) is 5.32 Å². The highest BCUT2D eigenvalue weighted by molar-refractivity contribution is 5.49. The molecule has 0 saturated carbocycles. The molecule has 0 radical (unpaired) electrons. The lowest BCUT2D eigenvalue weighted by atomic mass is 10.2. The van der Waals surface area contributed by atoms with Gasteiger partial charge in [0.25, 0.3) is 0 Å². The van der Waals surface area contributed by atoms with Gasteiger partial charge in [-0.05, 0) is 35.9 Å². The summed E-state index contributed by atoms with van der Waals surface area (Å²) >= 11 is 0. The molecule has 2 aromatic carbocycles. The molecule has 0 aliphatic carbocycles. The van der Waals surface area contributed by atoms with Crippen LogP contribution in [-0.4, -0.2) is 5.11 Å². The lowest BCUT2D eigenvalue weighted by molar-refractivity contribution is 0.475. The third-order valence-corrected chi connectivity index (χ3v) is 2.52. The summed E-state index contributed by atoms with van der Waals surface area (Å²) in [5, 5.41) is 20.7. The van der Waals surface area contributed by atoms with Crippen molar-refractivity contribution >= 4 is 5.69 Å². The van der Waals surface area contributed by atoms with E-state index in [0.29, 0.717) is 17.8 Å². The SMILES string of the molecule is N#Cc1ccc(NCc2ccc(O)cc2)c(F)c1. The van der Waals surface area contributed by atoms with E-state index < -0.39 is 5.82 Å². The van der Waals surface area contributed by atoms with Crippen LogP contribution in [0.25, 0.3) is 0 Å². The second-order valence-electron chi connectivity index (χ2n) is 3.83. The van der Waals surface area contributed by atoms with E-state index in [1.165, 1.54) is 12.1 Å². The summed E-state index contributed by atoms with van der Waals surface area (Å²) in [5.74, 6) is -0.254. The highest BCUT2D eigenvalue weighted by Gasteiger charge is 2.03. The Bertz CT molecular complexity index is 588. The minimum atomic E-state index is -0.451. The Morgan fingerprint density at radius 1 is 1.17 bits per heavy atom. The van der Waals surface area contributed by atoms with Crippen LogP contribution in [0, 0.1) is 17.1 Å². The fraction of sp³-hybridized carbons (Fsp3) is 0.0714. The summed E-state index contributed by atoms with van der Waals surface area (Å²) < 4.78 is 13.6. The minimum absolute atomic E-state index is 0.198. The molecule has 0 atom stereocenters. The molecule has 2 aromatic rings. The Labute approximate surface area is 104 Å². The number of phenolic OH excluding ortho intramolecular Hbond substituents is 1. The molecule has 0 aliphatic rings. The van der Waals surface area contributed by atoms with Gasteiger partial charge in [0.2, 0.25) is 0 Å². The van der Waals surface area contributed by atoms with Crippen LogP contribution in [0.3, 0.4) is 0 Å². The molecule has 0 bridgehead atoms. The molecule has 0 spiro atoms. The van der Waals surface area contributed by atoms with Crippen molar-refractivity contribution < 1.29 is 9.50 Å². The molecule has 4 heteroatoms.